The fourth-order valence-corrected chi connectivity index (χ4v) is 2.60. The average molecular weight is 381 g/mol. The van der Waals surface area contributed by atoms with Crippen molar-refractivity contribution in [1.82, 2.24) is 0 Å². The Labute approximate surface area is 156 Å². The van der Waals surface area contributed by atoms with E-state index in [0.717, 1.165) is 0 Å². The molecule has 2 amide bonds. The van der Waals surface area contributed by atoms with Gasteiger partial charge in [-0.05, 0) is 36.4 Å². The predicted octanol–water partition coefficient (Wildman–Crippen LogP) is 4.38. The van der Waals surface area contributed by atoms with Crippen LogP contribution in [0.5, 0.6) is 5.75 Å². The number of methoxy groups -OCH3 is 1. The first-order valence-electron chi connectivity index (χ1n) is 7.58. The number of amides is 2. The van der Waals surface area contributed by atoms with E-state index in [0.29, 0.717) is 22.1 Å². The van der Waals surface area contributed by atoms with Crippen molar-refractivity contribution < 1.29 is 14.3 Å². The van der Waals surface area contributed by atoms with Gasteiger partial charge in [0, 0.05) is 25.6 Å². The molecule has 2 aromatic carbocycles. The minimum atomic E-state index is -0.260. The summed E-state index contributed by atoms with van der Waals surface area (Å²) >= 11 is 12.0. The summed E-state index contributed by atoms with van der Waals surface area (Å²) < 4.78 is 5.10. The minimum Gasteiger partial charge on any atom is -0.497 e. The van der Waals surface area contributed by atoms with Gasteiger partial charge in [-0.15, -0.1) is 0 Å². The highest BCUT2D eigenvalue weighted by atomic mass is 35.5. The van der Waals surface area contributed by atoms with Crippen LogP contribution in [0, 0.1) is 0 Å². The first kappa shape index (κ1) is 19.1. The van der Waals surface area contributed by atoms with Crippen molar-refractivity contribution in [3.63, 3.8) is 0 Å². The molecule has 0 fully saturated rings. The second kappa shape index (κ2) is 8.74. The van der Waals surface area contributed by atoms with Crippen molar-refractivity contribution in [3.05, 3.63) is 52.5 Å². The van der Waals surface area contributed by atoms with E-state index in [2.05, 4.69) is 5.32 Å². The Kier molecular flexibility index (Phi) is 6.67. The Bertz CT molecular complexity index is 763. The van der Waals surface area contributed by atoms with Crippen molar-refractivity contribution in [3.8, 4) is 5.75 Å². The van der Waals surface area contributed by atoms with Gasteiger partial charge in [0.15, 0.2) is 0 Å². The topological polar surface area (TPSA) is 58.6 Å². The first-order valence-corrected chi connectivity index (χ1v) is 8.34. The Morgan fingerprint density at radius 3 is 2.40 bits per heavy atom. The largest absolute Gasteiger partial charge is 0.497 e. The molecule has 0 bridgehead atoms. The van der Waals surface area contributed by atoms with Gasteiger partial charge in [0.1, 0.15) is 5.75 Å². The van der Waals surface area contributed by atoms with Crippen molar-refractivity contribution in [2.24, 2.45) is 0 Å². The number of nitrogens with zero attached hydrogens (tertiary/aromatic N) is 1. The van der Waals surface area contributed by atoms with Crippen LogP contribution < -0.4 is 15.0 Å². The zero-order chi connectivity index (χ0) is 18.4. The van der Waals surface area contributed by atoms with E-state index in [4.69, 9.17) is 27.9 Å². The molecule has 25 heavy (non-hydrogen) atoms. The molecule has 0 radical (unpaired) electrons. The van der Waals surface area contributed by atoms with Gasteiger partial charge < -0.3 is 15.0 Å². The molecule has 0 spiro atoms. The van der Waals surface area contributed by atoms with E-state index < -0.39 is 0 Å². The molecular weight excluding hydrogens is 363 g/mol. The molecule has 0 saturated heterocycles. The smallest absolute Gasteiger partial charge is 0.226 e. The summed E-state index contributed by atoms with van der Waals surface area (Å²) in [4.78, 5) is 25.6. The molecule has 7 heteroatoms. The summed E-state index contributed by atoms with van der Waals surface area (Å²) in [6, 6.07) is 12.1. The van der Waals surface area contributed by atoms with Crippen LogP contribution in [0.4, 0.5) is 11.4 Å². The molecule has 0 heterocycles. The summed E-state index contributed by atoms with van der Waals surface area (Å²) in [5.41, 5.74) is 1.14. The number of benzene rings is 2. The molecule has 0 aliphatic heterocycles. The third-order valence-corrected chi connectivity index (χ3v) is 4.37. The maximum absolute atomic E-state index is 12.2. The Morgan fingerprint density at radius 2 is 1.80 bits per heavy atom. The molecular formula is C18H18Cl2N2O3. The summed E-state index contributed by atoms with van der Waals surface area (Å²) in [7, 11) is 1.57. The Morgan fingerprint density at radius 1 is 1.12 bits per heavy atom. The molecule has 132 valence electrons. The predicted molar refractivity (Wildman–Crippen MR) is 101 cm³/mol. The van der Waals surface area contributed by atoms with Gasteiger partial charge in [-0.3, -0.25) is 9.59 Å². The van der Waals surface area contributed by atoms with Crippen LogP contribution in [0.25, 0.3) is 0 Å². The lowest BCUT2D eigenvalue weighted by Gasteiger charge is -2.21. The van der Waals surface area contributed by atoms with E-state index >= 15 is 0 Å². The number of carbonyl (C=O) groups excluding carboxylic acids is 2. The van der Waals surface area contributed by atoms with Gasteiger partial charge in [-0.2, -0.15) is 0 Å². The number of anilines is 2. The van der Waals surface area contributed by atoms with Crippen molar-refractivity contribution >= 4 is 46.4 Å². The zero-order valence-electron chi connectivity index (χ0n) is 13.9. The lowest BCUT2D eigenvalue weighted by molar-refractivity contribution is -0.117. The molecule has 0 aliphatic rings. The monoisotopic (exact) mass is 380 g/mol. The maximum atomic E-state index is 12.2. The van der Waals surface area contributed by atoms with E-state index in [1.165, 1.54) is 11.8 Å². The van der Waals surface area contributed by atoms with Gasteiger partial charge in [0.25, 0.3) is 0 Å². The lowest BCUT2D eigenvalue weighted by Crippen LogP contribution is -2.31. The SMILES string of the molecule is COc1ccc(N(CCC(=O)Nc2cccc(Cl)c2Cl)C(C)=O)cc1. The van der Waals surface area contributed by atoms with E-state index in [-0.39, 0.29) is 29.8 Å². The first-order chi connectivity index (χ1) is 11.9. The maximum Gasteiger partial charge on any atom is 0.226 e. The van der Waals surface area contributed by atoms with Crippen LogP contribution in [0.15, 0.2) is 42.5 Å². The minimum absolute atomic E-state index is 0.119. The third kappa shape index (κ3) is 5.11. The highest BCUT2D eigenvalue weighted by molar-refractivity contribution is 6.43. The normalized spacial score (nSPS) is 10.2. The molecule has 0 atom stereocenters. The summed E-state index contributed by atoms with van der Waals surface area (Å²) in [6.45, 7) is 1.70. The second-order valence-corrected chi connectivity index (χ2v) is 6.05. The van der Waals surface area contributed by atoms with Gasteiger partial charge in [0.2, 0.25) is 11.8 Å². The van der Waals surface area contributed by atoms with Crippen molar-refractivity contribution in [2.45, 2.75) is 13.3 Å². The Hall–Kier alpha value is -2.24. The molecule has 0 aromatic heterocycles. The number of nitrogens with one attached hydrogen (secondary N) is 1. The van der Waals surface area contributed by atoms with Gasteiger partial charge in [-0.1, -0.05) is 29.3 Å². The van der Waals surface area contributed by atoms with Crippen LogP contribution in [-0.4, -0.2) is 25.5 Å². The van der Waals surface area contributed by atoms with Crippen molar-refractivity contribution in [1.29, 1.82) is 0 Å². The molecule has 2 aromatic rings. The van der Waals surface area contributed by atoms with Crippen LogP contribution in [0.1, 0.15) is 13.3 Å². The molecule has 5 nitrogen and oxygen atoms in total. The van der Waals surface area contributed by atoms with Gasteiger partial charge in [-0.25, -0.2) is 0 Å². The summed E-state index contributed by atoms with van der Waals surface area (Å²) in [6.07, 6.45) is 0.119. The van der Waals surface area contributed by atoms with E-state index in [9.17, 15) is 9.59 Å². The van der Waals surface area contributed by atoms with Gasteiger partial charge >= 0.3 is 0 Å². The lowest BCUT2D eigenvalue weighted by atomic mass is 10.2. The van der Waals surface area contributed by atoms with Gasteiger partial charge in [0.05, 0.1) is 22.8 Å². The van der Waals surface area contributed by atoms with Crippen molar-refractivity contribution in [2.75, 3.05) is 23.9 Å². The fourth-order valence-electron chi connectivity index (χ4n) is 2.26. The summed E-state index contributed by atoms with van der Waals surface area (Å²) in [5, 5.41) is 3.35. The van der Waals surface area contributed by atoms with Crippen LogP contribution >= 0.6 is 23.2 Å². The summed E-state index contributed by atoms with van der Waals surface area (Å²) in [5.74, 6) is 0.281. The number of rotatable bonds is 6. The second-order valence-electron chi connectivity index (χ2n) is 5.27. The van der Waals surface area contributed by atoms with Crippen LogP contribution in [0.2, 0.25) is 10.0 Å². The molecule has 2 rings (SSSR count). The zero-order valence-corrected chi connectivity index (χ0v) is 15.4. The molecule has 1 N–H and O–H groups in total. The number of hydrogen-bond acceptors (Lipinski definition) is 3. The fraction of sp³-hybridized carbons (Fsp3) is 0.222. The van der Waals surface area contributed by atoms with E-state index in [1.54, 1.807) is 49.6 Å². The Balaban J connectivity index is 2.01. The molecule has 0 aliphatic carbocycles. The number of hydrogen-bond donors (Lipinski definition) is 1. The third-order valence-electron chi connectivity index (χ3n) is 3.55. The highest BCUT2D eigenvalue weighted by Gasteiger charge is 2.14. The average Bonchev–Trinajstić information content (AvgIpc) is 2.59. The standard InChI is InChI=1S/C18H18Cl2N2O3/c1-12(23)22(13-6-8-14(25-2)9-7-13)11-10-17(24)21-16-5-3-4-15(19)18(16)20/h3-9H,10-11H2,1-2H3,(H,21,24). The van der Waals surface area contributed by atoms with E-state index in [1.807, 2.05) is 0 Å². The molecule has 0 unspecified atom stereocenters. The highest BCUT2D eigenvalue weighted by Crippen LogP contribution is 2.29. The number of ether oxygens (including phenoxy) is 1. The van der Waals surface area contributed by atoms with Crippen LogP contribution in [-0.2, 0) is 9.59 Å². The molecule has 0 saturated carbocycles. The number of carbonyl (C=O) groups is 2. The quantitative estimate of drug-likeness (QED) is 0.808. The number of halogens is 2. The van der Waals surface area contributed by atoms with Crippen LogP contribution in [0.3, 0.4) is 0 Å².